The van der Waals surface area contributed by atoms with E-state index in [1.807, 2.05) is 36.1 Å². The van der Waals surface area contributed by atoms with Gasteiger partial charge in [0.15, 0.2) is 0 Å². The monoisotopic (exact) mass is 395 g/mol. The molecule has 154 valence electrons. The number of anilines is 2. The maximum absolute atomic E-state index is 12.8. The lowest BCUT2D eigenvalue weighted by Crippen LogP contribution is -2.48. The molecule has 2 heterocycles. The quantitative estimate of drug-likeness (QED) is 0.864. The minimum Gasteiger partial charge on any atom is -0.339 e. The van der Waals surface area contributed by atoms with Crippen LogP contribution >= 0.6 is 0 Å². The number of rotatable bonds is 3. The molecular weight excluding hydrogens is 366 g/mol. The number of carbonyl (C=O) groups excluding carboxylic acids is 2. The molecule has 0 aliphatic carbocycles. The first-order valence-corrected chi connectivity index (χ1v) is 9.91. The summed E-state index contributed by atoms with van der Waals surface area (Å²) in [5, 5.41) is 2.92. The second-order valence-corrected chi connectivity index (χ2v) is 8.47. The van der Waals surface area contributed by atoms with Crippen molar-refractivity contribution in [1.82, 2.24) is 14.9 Å². The smallest absolute Gasteiger partial charge is 0.274 e. The molecule has 1 aliphatic rings. The molecular formula is C22H29N5O2. The number of piperazine rings is 1. The fourth-order valence-corrected chi connectivity index (χ4v) is 3.28. The van der Waals surface area contributed by atoms with E-state index in [1.165, 1.54) is 5.56 Å². The Morgan fingerprint density at radius 2 is 1.62 bits per heavy atom. The van der Waals surface area contributed by atoms with Crippen LogP contribution in [0.15, 0.2) is 30.3 Å². The van der Waals surface area contributed by atoms with Crippen molar-refractivity contribution in [1.29, 1.82) is 0 Å². The van der Waals surface area contributed by atoms with E-state index in [9.17, 15) is 9.59 Å². The Hall–Kier alpha value is -2.96. The Bertz CT molecular complexity index is 894. The molecule has 0 saturated carbocycles. The summed E-state index contributed by atoms with van der Waals surface area (Å²) in [6.45, 7) is 12.5. The van der Waals surface area contributed by atoms with Crippen molar-refractivity contribution in [3.63, 3.8) is 0 Å². The number of aromatic nitrogens is 2. The van der Waals surface area contributed by atoms with Crippen LogP contribution in [0.5, 0.6) is 0 Å². The highest BCUT2D eigenvalue weighted by Gasteiger charge is 2.22. The molecule has 2 aromatic rings. The van der Waals surface area contributed by atoms with Gasteiger partial charge in [0.05, 0.1) is 0 Å². The molecule has 0 atom stereocenters. The van der Waals surface area contributed by atoms with E-state index in [0.717, 1.165) is 11.4 Å². The van der Waals surface area contributed by atoms with E-state index < -0.39 is 0 Å². The molecule has 1 aliphatic heterocycles. The van der Waals surface area contributed by atoms with Gasteiger partial charge in [0.2, 0.25) is 11.9 Å². The minimum atomic E-state index is -0.261. The number of amides is 2. The molecule has 0 radical (unpaired) electrons. The van der Waals surface area contributed by atoms with Crippen LogP contribution in [0.2, 0.25) is 0 Å². The van der Waals surface area contributed by atoms with Crippen molar-refractivity contribution in [3.8, 4) is 0 Å². The first-order chi connectivity index (χ1) is 13.6. The Labute approximate surface area is 172 Å². The highest BCUT2D eigenvalue weighted by atomic mass is 16.2. The zero-order valence-corrected chi connectivity index (χ0v) is 17.8. The van der Waals surface area contributed by atoms with Crippen LogP contribution in [0.3, 0.4) is 0 Å². The summed E-state index contributed by atoms with van der Waals surface area (Å²) in [5.41, 5.74) is 3.07. The van der Waals surface area contributed by atoms with Crippen LogP contribution in [0.1, 0.15) is 49.4 Å². The van der Waals surface area contributed by atoms with Crippen LogP contribution in [-0.2, 0) is 10.2 Å². The summed E-state index contributed by atoms with van der Waals surface area (Å²) in [6.07, 6.45) is 0. The third-order valence-corrected chi connectivity index (χ3v) is 5.09. The summed E-state index contributed by atoms with van der Waals surface area (Å²) in [4.78, 5) is 37.1. The number of nitrogens with one attached hydrogen (secondary N) is 1. The molecule has 1 fully saturated rings. The largest absolute Gasteiger partial charge is 0.339 e. The summed E-state index contributed by atoms with van der Waals surface area (Å²) in [7, 11) is 0. The van der Waals surface area contributed by atoms with Gasteiger partial charge >= 0.3 is 0 Å². The topological polar surface area (TPSA) is 78.4 Å². The molecule has 0 unspecified atom stereocenters. The highest BCUT2D eigenvalue weighted by molar-refractivity contribution is 6.03. The normalized spacial score (nSPS) is 14.7. The molecule has 1 aromatic carbocycles. The lowest BCUT2D eigenvalue weighted by molar-refractivity contribution is -0.129. The molecule has 7 heteroatoms. The van der Waals surface area contributed by atoms with E-state index in [-0.39, 0.29) is 17.2 Å². The maximum atomic E-state index is 12.8. The Kier molecular flexibility index (Phi) is 5.86. The van der Waals surface area contributed by atoms with Crippen molar-refractivity contribution in [2.75, 3.05) is 36.4 Å². The molecule has 0 bridgehead atoms. The number of nitrogens with zero attached hydrogens (tertiary/aromatic N) is 4. The molecule has 29 heavy (non-hydrogen) atoms. The third-order valence-electron chi connectivity index (χ3n) is 5.09. The highest BCUT2D eigenvalue weighted by Crippen LogP contribution is 2.23. The van der Waals surface area contributed by atoms with E-state index in [2.05, 4.69) is 36.1 Å². The molecule has 1 aromatic heterocycles. The standard InChI is InChI=1S/C22H29N5O2/c1-15-14-19(20(29)24-18-8-6-17(7-9-18)22(3,4)5)25-21(23-15)27-12-10-26(11-13-27)16(2)28/h6-9,14H,10-13H2,1-5H3,(H,24,29). The zero-order valence-electron chi connectivity index (χ0n) is 17.8. The van der Waals surface area contributed by atoms with Gasteiger partial charge in [-0.05, 0) is 36.1 Å². The van der Waals surface area contributed by atoms with E-state index in [4.69, 9.17) is 0 Å². The van der Waals surface area contributed by atoms with Gasteiger partial charge in [0.1, 0.15) is 5.69 Å². The fourth-order valence-electron chi connectivity index (χ4n) is 3.28. The fraction of sp³-hybridized carbons (Fsp3) is 0.455. The predicted molar refractivity (Wildman–Crippen MR) is 114 cm³/mol. The lowest BCUT2D eigenvalue weighted by Gasteiger charge is -2.34. The van der Waals surface area contributed by atoms with Crippen LogP contribution in [-0.4, -0.2) is 52.9 Å². The van der Waals surface area contributed by atoms with Gasteiger partial charge in [0.25, 0.3) is 5.91 Å². The van der Waals surface area contributed by atoms with Crippen molar-refractivity contribution < 1.29 is 9.59 Å². The van der Waals surface area contributed by atoms with Gasteiger partial charge in [-0.3, -0.25) is 9.59 Å². The van der Waals surface area contributed by atoms with Gasteiger partial charge in [-0.1, -0.05) is 32.9 Å². The predicted octanol–water partition coefficient (Wildman–Crippen LogP) is 3.00. The second kappa shape index (κ2) is 8.19. The number of carbonyl (C=O) groups is 2. The van der Waals surface area contributed by atoms with Gasteiger partial charge in [-0.15, -0.1) is 0 Å². The molecule has 0 spiro atoms. The van der Waals surface area contributed by atoms with Gasteiger partial charge in [-0.2, -0.15) is 0 Å². The van der Waals surface area contributed by atoms with E-state index >= 15 is 0 Å². The van der Waals surface area contributed by atoms with Crippen LogP contribution < -0.4 is 10.2 Å². The van der Waals surface area contributed by atoms with Crippen LogP contribution in [0.4, 0.5) is 11.6 Å². The summed E-state index contributed by atoms with van der Waals surface area (Å²) >= 11 is 0. The number of hydrogen-bond acceptors (Lipinski definition) is 5. The summed E-state index contributed by atoms with van der Waals surface area (Å²) in [5.74, 6) is 0.344. The van der Waals surface area contributed by atoms with Gasteiger partial charge in [-0.25, -0.2) is 9.97 Å². The summed E-state index contributed by atoms with van der Waals surface area (Å²) in [6, 6.07) is 9.57. The van der Waals surface area contributed by atoms with E-state index in [0.29, 0.717) is 37.8 Å². The Balaban J connectivity index is 1.72. The third kappa shape index (κ3) is 5.10. The molecule has 2 amide bonds. The van der Waals surface area contributed by atoms with Crippen molar-refractivity contribution in [3.05, 3.63) is 47.3 Å². The van der Waals surface area contributed by atoms with Gasteiger partial charge < -0.3 is 15.1 Å². The Morgan fingerprint density at radius 1 is 1.00 bits per heavy atom. The van der Waals surface area contributed by atoms with Crippen molar-refractivity contribution in [2.45, 2.75) is 40.0 Å². The van der Waals surface area contributed by atoms with Gasteiger partial charge in [0, 0.05) is 44.5 Å². The minimum absolute atomic E-state index is 0.0631. The second-order valence-electron chi connectivity index (χ2n) is 8.47. The number of benzene rings is 1. The maximum Gasteiger partial charge on any atom is 0.274 e. The average Bonchev–Trinajstić information content (AvgIpc) is 2.67. The van der Waals surface area contributed by atoms with Crippen LogP contribution in [0, 0.1) is 6.92 Å². The first kappa shape index (κ1) is 20.8. The number of aryl methyl sites for hydroxylation is 1. The molecule has 1 saturated heterocycles. The average molecular weight is 396 g/mol. The van der Waals surface area contributed by atoms with E-state index in [1.54, 1.807) is 17.9 Å². The first-order valence-electron chi connectivity index (χ1n) is 9.91. The van der Waals surface area contributed by atoms with Crippen molar-refractivity contribution >= 4 is 23.5 Å². The Morgan fingerprint density at radius 3 is 2.17 bits per heavy atom. The summed E-state index contributed by atoms with van der Waals surface area (Å²) < 4.78 is 0. The molecule has 1 N–H and O–H groups in total. The molecule has 7 nitrogen and oxygen atoms in total. The SMILES string of the molecule is CC(=O)N1CCN(c2nc(C)cc(C(=O)Nc3ccc(C(C)(C)C)cc3)n2)CC1. The lowest BCUT2D eigenvalue weighted by atomic mass is 9.87. The van der Waals surface area contributed by atoms with Crippen LogP contribution in [0.25, 0.3) is 0 Å². The number of hydrogen-bond donors (Lipinski definition) is 1. The van der Waals surface area contributed by atoms with Crippen molar-refractivity contribution in [2.24, 2.45) is 0 Å². The zero-order chi connectivity index (χ0) is 21.2. The molecule has 3 rings (SSSR count).